The van der Waals surface area contributed by atoms with Gasteiger partial charge in [0.1, 0.15) is 5.69 Å². The lowest BCUT2D eigenvalue weighted by Gasteiger charge is -2.36. The second-order valence-corrected chi connectivity index (χ2v) is 7.81. The minimum Gasteiger partial charge on any atom is -0.381 e. The van der Waals surface area contributed by atoms with E-state index in [9.17, 15) is 4.79 Å². The van der Waals surface area contributed by atoms with Crippen molar-refractivity contribution >= 4 is 17.2 Å². The van der Waals surface area contributed by atoms with Gasteiger partial charge >= 0.3 is 0 Å². The van der Waals surface area contributed by atoms with Gasteiger partial charge in [0.2, 0.25) is 0 Å². The SMILES string of the molecule is O=C(NCC[C@@H]1CN(CC2CCOCC2)Cc2ccnn21)c1cscn1. The van der Waals surface area contributed by atoms with Gasteiger partial charge in [-0.15, -0.1) is 11.3 Å². The van der Waals surface area contributed by atoms with Crippen LogP contribution in [0.5, 0.6) is 0 Å². The third-order valence-electron chi connectivity index (χ3n) is 5.24. The van der Waals surface area contributed by atoms with Gasteiger partial charge in [0.05, 0.1) is 17.2 Å². The first-order valence-electron chi connectivity index (χ1n) is 9.28. The number of nitrogens with one attached hydrogen (secondary N) is 1. The van der Waals surface area contributed by atoms with Gasteiger partial charge in [-0.1, -0.05) is 0 Å². The number of thiazole rings is 1. The third-order valence-corrected chi connectivity index (χ3v) is 5.82. The molecule has 1 amide bonds. The van der Waals surface area contributed by atoms with E-state index in [1.807, 2.05) is 6.20 Å². The van der Waals surface area contributed by atoms with Crippen LogP contribution in [0.1, 0.15) is 41.5 Å². The van der Waals surface area contributed by atoms with Crippen molar-refractivity contribution in [2.24, 2.45) is 5.92 Å². The summed E-state index contributed by atoms with van der Waals surface area (Å²) >= 11 is 1.44. The Morgan fingerprint density at radius 2 is 2.27 bits per heavy atom. The highest BCUT2D eigenvalue weighted by Gasteiger charge is 2.27. The number of nitrogens with zero attached hydrogens (tertiary/aromatic N) is 4. The summed E-state index contributed by atoms with van der Waals surface area (Å²) in [4.78, 5) is 18.7. The molecule has 1 fully saturated rings. The Morgan fingerprint density at radius 1 is 1.38 bits per heavy atom. The van der Waals surface area contributed by atoms with Crippen molar-refractivity contribution in [3.63, 3.8) is 0 Å². The fraction of sp³-hybridized carbons (Fsp3) is 0.611. The lowest BCUT2D eigenvalue weighted by Crippen LogP contribution is -2.42. The quantitative estimate of drug-likeness (QED) is 0.835. The van der Waals surface area contributed by atoms with Crippen molar-refractivity contribution < 1.29 is 9.53 Å². The first-order valence-corrected chi connectivity index (χ1v) is 10.2. The third kappa shape index (κ3) is 4.13. The van der Waals surface area contributed by atoms with Gasteiger partial charge in [-0.3, -0.25) is 14.4 Å². The first kappa shape index (κ1) is 17.6. The van der Waals surface area contributed by atoms with E-state index in [2.05, 4.69) is 31.0 Å². The van der Waals surface area contributed by atoms with E-state index in [1.165, 1.54) is 17.0 Å². The average Bonchev–Trinajstić information content (AvgIpc) is 3.34. The zero-order valence-electron chi connectivity index (χ0n) is 14.8. The topological polar surface area (TPSA) is 72.3 Å². The molecule has 4 rings (SSSR count). The molecule has 1 N–H and O–H groups in total. The lowest BCUT2D eigenvalue weighted by molar-refractivity contribution is 0.0443. The van der Waals surface area contributed by atoms with E-state index in [-0.39, 0.29) is 5.91 Å². The van der Waals surface area contributed by atoms with Crippen LogP contribution in [0, 0.1) is 5.92 Å². The van der Waals surface area contributed by atoms with E-state index in [1.54, 1.807) is 10.9 Å². The molecule has 26 heavy (non-hydrogen) atoms. The van der Waals surface area contributed by atoms with Gasteiger partial charge in [0.25, 0.3) is 5.91 Å². The molecule has 1 atom stereocenters. The molecule has 8 heteroatoms. The Bertz CT molecular complexity index is 711. The number of carbonyl (C=O) groups is 1. The number of ether oxygens (including phenoxy) is 1. The number of hydrogen-bond donors (Lipinski definition) is 1. The number of fused-ring (bicyclic) bond motifs is 1. The molecule has 0 radical (unpaired) electrons. The summed E-state index contributed by atoms with van der Waals surface area (Å²) in [6.07, 6.45) is 5.07. The van der Waals surface area contributed by atoms with E-state index >= 15 is 0 Å². The monoisotopic (exact) mass is 375 g/mol. The molecule has 0 aliphatic carbocycles. The van der Waals surface area contributed by atoms with Gasteiger partial charge in [-0.2, -0.15) is 5.10 Å². The van der Waals surface area contributed by atoms with Crippen LogP contribution >= 0.6 is 11.3 Å². The van der Waals surface area contributed by atoms with E-state index in [4.69, 9.17) is 4.74 Å². The van der Waals surface area contributed by atoms with Crippen molar-refractivity contribution in [1.82, 2.24) is 25.0 Å². The molecule has 2 aromatic heterocycles. The number of amides is 1. The Morgan fingerprint density at radius 3 is 3.08 bits per heavy atom. The molecule has 2 aromatic rings. The molecular weight excluding hydrogens is 350 g/mol. The molecule has 0 unspecified atom stereocenters. The summed E-state index contributed by atoms with van der Waals surface area (Å²) in [6.45, 7) is 5.48. The number of aromatic nitrogens is 3. The highest BCUT2D eigenvalue weighted by molar-refractivity contribution is 7.07. The molecule has 4 heterocycles. The predicted octanol–water partition coefficient (Wildman–Crippen LogP) is 1.94. The van der Waals surface area contributed by atoms with Gasteiger partial charge in [-0.25, -0.2) is 4.98 Å². The number of carbonyl (C=O) groups excluding carboxylic acids is 1. The van der Waals surface area contributed by atoms with Crippen molar-refractivity contribution in [2.75, 3.05) is 32.8 Å². The standard InChI is InChI=1S/C18H25N5O2S/c24-18(17-12-26-13-20-17)19-5-1-15-10-22(9-14-3-7-25-8-4-14)11-16-2-6-21-23(15)16/h2,6,12-15H,1,3-5,7-11H2,(H,19,24)/t15-/m1/s1. The van der Waals surface area contributed by atoms with Crippen LogP contribution in [0.2, 0.25) is 0 Å². The molecule has 140 valence electrons. The second kappa shape index (κ2) is 8.28. The summed E-state index contributed by atoms with van der Waals surface area (Å²) in [7, 11) is 0. The minimum atomic E-state index is -0.0955. The van der Waals surface area contributed by atoms with Crippen molar-refractivity contribution in [3.8, 4) is 0 Å². The Hall–Kier alpha value is -1.77. The van der Waals surface area contributed by atoms with Crippen LogP contribution in [0.3, 0.4) is 0 Å². The smallest absolute Gasteiger partial charge is 0.270 e. The maximum atomic E-state index is 12.1. The molecule has 0 saturated carbocycles. The molecule has 1 saturated heterocycles. The minimum absolute atomic E-state index is 0.0955. The number of hydrogen-bond acceptors (Lipinski definition) is 6. The van der Waals surface area contributed by atoms with Crippen LogP contribution in [0.25, 0.3) is 0 Å². The Kier molecular flexibility index (Phi) is 5.62. The molecule has 0 spiro atoms. The van der Waals surface area contributed by atoms with Crippen LogP contribution in [0.4, 0.5) is 0 Å². The predicted molar refractivity (Wildman–Crippen MR) is 99.1 cm³/mol. The molecule has 2 aliphatic heterocycles. The van der Waals surface area contributed by atoms with Crippen molar-refractivity contribution in [1.29, 1.82) is 0 Å². The zero-order valence-corrected chi connectivity index (χ0v) is 15.7. The van der Waals surface area contributed by atoms with Crippen molar-refractivity contribution in [2.45, 2.75) is 31.8 Å². The van der Waals surface area contributed by atoms with Gasteiger partial charge < -0.3 is 10.1 Å². The van der Waals surface area contributed by atoms with Crippen molar-refractivity contribution in [3.05, 3.63) is 34.5 Å². The van der Waals surface area contributed by atoms with E-state index < -0.39 is 0 Å². The molecule has 0 bridgehead atoms. The normalized spacial score (nSPS) is 21.5. The highest BCUT2D eigenvalue weighted by Crippen LogP contribution is 2.25. The number of rotatable bonds is 6. The van der Waals surface area contributed by atoms with E-state index in [0.717, 1.165) is 58.0 Å². The van der Waals surface area contributed by atoms with E-state index in [0.29, 0.717) is 18.3 Å². The Labute approximate surface area is 157 Å². The average molecular weight is 375 g/mol. The molecule has 7 nitrogen and oxygen atoms in total. The van der Waals surface area contributed by atoms with Gasteiger partial charge in [-0.05, 0) is 31.2 Å². The fourth-order valence-corrected chi connectivity index (χ4v) is 4.41. The molecule has 2 aliphatic rings. The lowest BCUT2D eigenvalue weighted by atomic mass is 9.98. The molecule has 0 aromatic carbocycles. The Balaban J connectivity index is 1.33. The molecular formula is C18H25N5O2S. The largest absolute Gasteiger partial charge is 0.381 e. The van der Waals surface area contributed by atoms with Gasteiger partial charge in [0, 0.05) is 51.0 Å². The summed E-state index contributed by atoms with van der Waals surface area (Å²) in [5.74, 6) is 0.630. The second-order valence-electron chi connectivity index (χ2n) is 7.09. The van der Waals surface area contributed by atoms with Gasteiger partial charge in [0.15, 0.2) is 0 Å². The van der Waals surface area contributed by atoms with Crippen LogP contribution in [-0.4, -0.2) is 58.4 Å². The highest BCUT2D eigenvalue weighted by atomic mass is 32.1. The fourth-order valence-electron chi connectivity index (χ4n) is 3.88. The maximum absolute atomic E-state index is 12.1. The summed E-state index contributed by atoms with van der Waals surface area (Å²) in [5, 5.41) is 9.27. The van der Waals surface area contributed by atoms with Crippen LogP contribution in [0.15, 0.2) is 23.2 Å². The summed E-state index contributed by atoms with van der Waals surface area (Å²) < 4.78 is 7.62. The summed E-state index contributed by atoms with van der Waals surface area (Å²) in [6, 6.07) is 2.40. The first-order chi connectivity index (χ1) is 12.8. The maximum Gasteiger partial charge on any atom is 0.270 e. The zero-order chi connectivity index (χ0) is 17.8. The van der Waals surface area contributed by atoms with Crippen LogP contribution in [-0.2, 0) is 11.3 Å². The summed E-state index contributed by atoms with van der Waals surface area (Å²) in [5.41, 5.74) is 3.44. The van der Waals surface area contributed by atoms with Crippen LogP contribution < -0.4 is 5.32 Å².